The molecule has 0 spiro atoms. The molecule has 0 unspecified atom stereocenters. The van der Waals surface area contributed by atoms with Gasteiger partial charge in [0.1, 0.15) is 5.82 Å². The molecule has 0 fully saturated rings. The second kappa shape index (κ2) is 5.32. The predicted molar refractivity (Wildman–Crippen MR) is 67.8 cm³/mol. The molecule has 0 bridgehead atoms. The summed E-state index contributed by atoms with van der Waals surface area (Å²) in [5.74, 6) is -0.165. The number of rotatable bonds is 5. The van der Waals surface area contributed by atoms with Crippen LogP contribution in [0.2, 0.25) is 0 Å². The Morgan fingerprint density at radius 1 is 1.35 bits per heavy atom. The van der Waals surface area contributed by atoms with Gasteiger partial charge in [0.2, 0.25) is 0 Å². The summed E-state index contributed by atoms with van der Waals surface area (Å²) in [6.07, 6.45) is 4.03. The van der Waals surface area contributed by atoms with Crippen LogP contribution in [0.25, 0.3) is 10.9 Å². The second-order valence-corrected chi connectivity index (χ2v) is 4.21. The standard InChI is InChI=1S/C14H18FNO/c1-3-11-10-16(7-4-8-17-2)14-6-5-12(15)9-13(11)14/h5-6,9-10H,3-4,7-8H2,1-2H3. The molecule has 0 aliphatic heterocycles. The smallest absolute Gasteiger partial charge is 0.123 e. The quantitative estimate of drug-likeness (QED) is 0.725. The maximum atomic E-state index is 13.2. The molecule has 2 nitrogen and oxygen atoms in total. The summed E-state index contributed by atoms with van der Waals surface area (Å²) in [4.78, 5) is 0. The lowest BCUT2D eigenvalue weighted by molar-refractivity contribution is 0.190. The molecule has 0 saturated heterocycles. The Labute approximate surface area is 101 Å². The van der Waals surface area contributed by atoms with E-state index in [1.807, 2.05) is 6.07 Å². The van der Waals surface area contributed by atoms with Gasteiger partial charge >= 0.3 is 0 Å². The van der Waals surface area contributed by atoms with Crippen molar-refractivity contribution in [2.45, 2.75) is 26.3 Å². The van der Waals surface area contributed by atoms with E-state index in [1.165, 1.54) is 11.6 Å². The fourth-order valence-electron chi connectivity index (χ4n) is 2.19. The summed E-state index contributed by atoms with van der Waals surface area (Å²) in [6.45, 7) is 3.76. The molecule has 17 heavy (non-hydrogen) atoms. The molecule has 1 heterocycles. The van der Waals surface area contributed by atoms with Crippen LogP contribution in [0.4, 0.5) is 4.39 Å². The molecule has 0 radical (unpaired) electrons. The zero-order chi connectivity index (χ0) is 12.3. The highest BCUT2D eigenvalue weighted by atomic mass is 19.1. The molecule has 0 amide bonds. The normalized spacial score (nSPS) is 11.2. The van der Waals surface area contributed by atoms with Crippen molar-refractivity contribution in [1.82, 2.24) is 4.57 Å². The highest BCUT2D eigenvalue weighted by Gasteiger charge is 2.07. The van der Waals surface area contributed by atoms with E-state index < -0.39 is 0 Å². The van der Waals surface area contributed by atoms with Crippen LogP contribution in [0.1, 0.15) is 18.9 Å². The van der Waals surface area contributed by atoms with Crippen molar-refractivity contribution in [2.24, 2.45) is 0 Å². The van der Waals surface area contributed by atoms with E-state index in [0.717, 1.165) is 36.9 Å². The molecule has 0 saturated carbocycles. The predicted octanol–water partition coefficient (Wildman–Crippen LogP) is 3.38. The van der Waals surface area contributed by atoms with Crippen molar-refractivity contribution < 1.29 is 9.13 Å². The van der Waals surface area contributed by atoms with Gasteiger partial charge in [-0.05, 0) is 36.6 Å². The molecular formula is C14H18FNO. The van der Waals surface area contributed by atoms with E-state index in [0.29, 0.717) is 0 Å². The fourth-order valence-corrected chi connectivity index (χ4v) is 2.19. The zero-order valence-electron chi connectivity index (χ0n) is 10.4. The van der Waals surface area contributed by atoms with E-state index in [-0.39, 0.29) is 5.82 Å². The summed E-state index contributed by atoms with van der Waals surface area (Å²) >= 11 is 0. The van der Waals surface area contributed by atoms with Crippen LogP contribution in [0.3, 0.4) is 0 Å². The van der Waals surface area contributed by atoms with Gasteiger partial charge in [-0.3, -0.25) is 0 Å². The van der Waals surface area contributed by atoms with Gasteiger partial charge in [-0.2, -0.15) is 0 Å². The van der Waals surface area contributed by atoms with Gasteiger partial charge in [0, 0.05) is 37.4 Å². The average Bonchev–Trinajstić information content (AvgIpc) is 2.67. The van der Waals surface area contributed by atoms with Crippen molar-refractivity contribution in [3.8, 4) is 0 Å². The van der Waals surface area contributed by atoms with Crippen LogP contribution < -0.4 is 0 Å². The number of methoxy groups -OCH3 is 1. The van der Waals surface area contributed by atoms with Gasteiger partial charge in [0.25, 0.3) is 0 Å². The van der Waals surface area contributed by atoms with Crippen molar-refractivity contribution in [3.63, 3.8) is 0 Å². The molecule has 0 atom stereocenters. The third-order valence-corrected chi connectivity index (χ3v) is 3.05. The third kappa shape index (κ3) is 2.50. The minimum atomic E-state index is -0.165. The molecule has 1 aromatic carbocycles. The molecule has 0 N–H and O–H groups in total. The van der Waals surface area contributed by atoms with E-state index in [2.05, 4.69) is 17.7 Å². The first-order chi connectivity index (χ1) is 8.26. The second-order valence-electron chi connectivity index (χ2n) is 4.21. The number of ether oxygens (including phenoxy) is 1. The first kappa shape index (κ1) is 12.1. The van der Waals surface area contributed by atoms with Crippen LogP contribution in [-0.2, 0) is 17.7 Å². The molecule has 0 aliphatic carbocycles. The fraction of sp³-hybridized carbons (Fsp3) is 0.429. The molecule has 3 heteroatoms. The van der Waals surface area contributed by atoms with Crippen molar-refractivity contribution in [3.05, 3.63) is 35.8 Å². The van der Waals surface area contributed by atoms with E-state index >= 15 is 0 Å². The number of nitrogens with zero attached hydrogens (tertiary/aromatic N) is 1. The Balaban J connectivity index is 2.35. The largest absolute Gasteiger partial charge is 0.385 e. The van der Waals surface area contributed by atoms with E-state index in [9.17, 15) is 4.39 Å². The number of aryl methyl sites for hydroxylation is 2. The van der Waals surface area contributed by atoms with Crippen molar-refractivity contribution >= 4 is 10.9 Å². The highest BCUT2D eigenvalue weighted by Crippen LogP contribution is 2.23. The first-order valence-electron chi connectivity index (χ1n) is 6.02. The SMILES string of the molecule is CCc1cn(CCCOC)c2ccc(F)cc12. The lowest BCUT2D eigenvalue weighted by Crippen LogP contribution is -1.99. The molecule has 0 aliphatic rings. The van der Waals surface area contributed by atoms with Gasteiger partial charge in [-0.15, -0.1) is 0 Å². The van der Waals surface area contributed by atoms with Crippen LogP contribution in [0, 0.1) is 5.82 Å². The Morgan fingerprint density at radius 3 is 2.88 bits per heavy atom. The summed E-state index contributed by atoms with van der Waals surface area (Å²) in [7, 11) is 1.71. The number of hydrogen-bond acceptors (Lipinski definition) is 1. The number of aromatic nitrogens is 1. The number of halogens is 1. The summed E-state index contributed by atoms with van der Waals surface area (Å²) in [5, 5.41) is 1.03. The third-order valence-electron chi connectivity index (χ3n) is 3.05. The molecule has 2 aromatic rings. The number of hydrogen-bond donors (Lipinski definition) is 0. The minimum Gasteiger partial charge on any atom is -0.385 e. The lowest BCUT2D eigenvalue weighted by Gasteiger charge is -2.04. The first-order valence-corrected chi connectivity index (χ1v) is 6.02. The molecule has 92 valence electrons. The maximum Gasteiger partial charge on any atom is 0.123 e. The van der Waals surface area contributed by atoms with Crippen LogP contribution in [-0.4, -0.2) is 18.3 Å². The van der Waals surface area contributed by atoms with Crippen LogP contribution in [0.5, 0.6) is 0 Å². The van der Waals surface area contributed by atoms with Crippen molar-refractivity contribution in [2.75, 3.05) is 13.7 Å². The molecular weight excluding hydrogens is 217 g/mol. The van der Waals surface area contributed by atoms with Crippen LogP contribution in [0.15, 0.2) is 24.4 Å². The Bertz CT molecular complexity index is 504. The maximum absolute atomic E-state index is 13.2. The monoisotopic (exact) mass is 235 g/mol. The van der Waals surface area contributed by atoms with Gasteiger partial charge in [-0.25, -0.2) is 4.39 Å². The topological polar surface area (TPSA) is 14.2 Å². The minimum absolute atomic E-state index is 0.165. The number of benzene rings is 1. The molecule has 1 aromatic heterocycles. The lowest BCUT2D eigenvalue weighted by atomic mass is 10.1. The van der Waals surface area contributed by atoms with E-state index in [4.69, 9.17) is 4.74 Å². The Kier molecular flexibility index (Phi) is 3.79. The summed E-state index contributed by atoms with van der Waals surface area (Å²) in [6, 6.07) is 5.01. The van der Waals surface area contributed by atoms with Gasteiger partial charge < -0.3 is 9.30 Å². The Hall–Kier alpha value is -1.35. The highest BCUT2D eigenvalue weighted by molar-refractivity contribution is 5.84. The zero-order valence-corrected chi connectivity index (χ0v) is 10.4. The van der Waals surface area contributed by atoms with Gasteiger partial charge in [0.05, 0.1) is 0 Å². The van der Waals surface area contributed by atoms with Gasteiger partial charge in [0.15, 0.2) is 0 Å². The van der Waals surface area contributed by atoms with Gasteiger partial charge in [-0.1, -0.05) is 6.92 Å². The van der Waals surface area contributed by atoms with E-state index in [1.54, 1.807) is 13.2 Å². The average molecular weight is 235 g/mol. The summed E-state index contributed by atoms with van der Waals surface area (Å²) in [5.41, 5.74) is 2.32. The van der Waals surface area contributed by atoms with Crippen molar-refractivity contribution in [1.29, 1.82) is 0 Å². The summed E-state index contributed by atoms with van der Waals surface area (Å²) < 4.78 is 20.5. The number of fused-ring (bicyclic) bond motifs is 1. The molecule has 2 rings (SSSR count). The Morgan fingerprint density at radius 2 is 2.18 bits per heavy atom. The van der Waals surface area contributed by atoms with Crippen LogP contribution >= 0.6 is 0 Å².